The Hall–Kier alpha value is -0.830. The first-order chi connectivity index (χ1) is 6.06. The zero-order valence-corrected chi connectivity index (χ0v) is 8.30. The molecular formula is C9H12ClNO2. The van der Waals surface area contributed by atoms with Crippen LogP contribution in [0.3, 0.4) is 0 Å². The van der Waals surface area contributed by atoms with Gasteiger partial charge in [0.05, 0.1) is 6.54 Å². The van der Waals surface area contributed by atoms with Crippen LogP contribution in [0.2, 0.25) is 0 Å². The number of likely N-dealkylation sites (tertiary alicyclic amines) is 1. The maximum absolute atomic E-state index is 11.4. The standard InChI is InChI=1S/C9H12ClNO2/c1-6(4-10)5-11-8(12)3-7(2)9(11)13/h7H,1,3-5H2,2H3. The molecule has 1 aliphatic heterocycles. The van der Waals surface area contributed by atoms with Crippen molar-refractivity contribution in [3.63, 3.8) is 0 Å². The molecule has 1 heterocycles. The number of hydrogen-bond acceptors (Lipinski definition) is 2. The molecule has 0 aliphatic carbocycles. The first-order valence-electron chi connectivity index (χ1n) is 4.13. The normalized spacial score (nSPS) is 22.6. The van der Waals surface area contributed by atoms with Gasteiger partial charge in [0.1, 0.15) is 0 Å². The number of amides is 2. The largest absolute Gasteiger partial charge is 0.278 e. The summed E-state index contributed by atoms with van der Waals surface area (Å²) in [6, 6.07) is 0. The van der Waals surface area contributed by atoms with Gasteiger partial charge in [0.2, 0.25) is 11.8 Å². The zero-order chi connectivity index (χ0) is 10.0. The van der Waals surface area contributed by atoms with Gasteiger partial charge in [0, 0.05) is 18.2 Å². The van der Waals surface area contributed by atoms with Gasteiger partial charge >= 0.3 is 0 Å². The lowest BCUT2D eigenvalue weighted by atomic mass is 10.1. The number of carbonyl (C=O) groups is 2. The lowest BCUT2D eigenvalue weighted by Gasteiger charge is -2.14. The molecule has 0 aromatic heterocycles. The Bertz CT molecular complexity index is 262. The van der Waals surface area contributed by atoms with E-state index in [0.717, 1.165) is 0 Å². The number of imide groups is 1. The lowest BCUT2D eigenvalue weighted by Crippen LogP contribution is -2.32. The summed E-state index contributed by atoms with van der Waals surface area (Å²) < 4.78 is 0. The SMILES string of the molecule is C=C(CCl)CN1C(=O)CC(C)C1=O. The van der Waals surface area contributed by atoms with Crippen molar-refractivity contribution in [2.24, 2.45) is 5.92 Å². The molecule has 3 nitrogen and oxygen atoms in total. The number of hydrogen-bond donors (Lipinski definition) is 0. The van der Waals surface area contributed by atoms with Crippen LogP contribution in [-0.2, 0) is 9.59 Å². The van der Waals surface area contributed by atoms with Gasteiger partial charge in [-0.05, 0) is 5.57 Å². The Morgan fingerprint density at radius 3 is 2.69 bits per heavy atom. The second-order valence-corrected chi connectivity index (χ2v) is 3.57. The van der Waals surface area contributed by atoms with Crippen LogP contribution in [0.15, 0.2) is 12.2 Å². The van der Waals surface area contributed by atoms with Gasteiger partial charge in [-0.15, -0.1) is 11.6 Å². The summed E-state index contributed by atoms with van der Waals surface area (Å²) in [5, 5.41) is 0. The van der Waals surface area contributed by atoms with Crippen LogP contribution < -0.4 is 0 Å². The molecule has 1 fully saturated rings. The minimum atomic E-state index is -0.185. The number of nitrogens with zero attached hydrogens (tertiary/aromatic N) is 1. The Balaban J connectivity index is 2.64. The summed E-state index contributed by atoms with van der Waals surface area (Å²) in [5.41, 5.74) is 0.692. The summed E-state index contributed by atoms with van der Waals surface area (Å²) in [7, 11) is 0. The molecule has 1 atom stereocenters. The summed E-state index contributed by atoms with van der Waals surface area (Å²) in [6.45, 7) is 5.68. The number of rotatable bonds is 3. The van der Waals surface area contributed by atoms with Gasteiger partial charge in [0.15, 0.2) is 0 Å². The van der Waals surface area contributed by atoms with Gasteiger partial charge < -0.3 is 0 Å². The average molecular weight is 202 g/mol. The van der Waals surface area contributed by atoms with Crippen LogP contribution in [-0.4, -0.2) is 29.1 Å². The van der Waals surface area contributed by atoms with E-state index in [9.17, 15) is 9.59 Å². The molecule has 0 radical (unpaired) electrons. The highest BCUT2D eigenvalue weighted by molar-refractivity contribution is 6.19. The van der Waals surface area contributed by atoms with Crippen molar-refractivity contribution in [3.05, 3.63) is 12.2 Å². The van der Waals surface area contributed by atoms with E-state index in [-0.39, 0.29) is 30.2 Å². The minimum absolute atomic E-state index is 0.115. The quantitative estimate of drug-likeness (QED) is 0.391. The Labute approximate surface area is 82.3 Å². The monoisotopic (exact) mass is 201 g/mol. The van der Waals surface area contributed by atoms with E-state index < -0.39 is 0 Å². The Morgan fingerprint density at radius 2 is 2.31 bits per heavy atom. The van der Waals surface area contributed by atoms with Gasteiger partial charge in [0.25, 0.3) is 0 Å². The molecule has 1 unspecified atom stereocenters. The summed E-state index contributed by atoms with van der Waals surface area (Å²) in [6.07, 6.45) is 0.314. The van der Waals surface area contributed by atoms with Gasteiger partial charge in [-0.25, -0.2) is 0 Å². The molecule has 1 rings (SSSR count). The predicted octanol–water partition coefficient (Wildman–Crippen LogP) is 1.18. The van der Waals surface area contributed by atoms with Crippen LogP contribution in [0.5, 0.6) is 0 Å². The zero-order valence-electron chi connectivity index (χ0n) is 7.55. The topological polar surface area (TPSA) is 37.4 Å². The second-order valence-electron chi connectivity index (χ2n) is 3.31. The van der Waals surface area contributed by atoms with Crippen molar-refractivity contribution in [2.45, 2.75) is 13.3 Å². The minimum Gasteiger partial charge on any atom is -0.278 e. The Kier molecular flexibility index (Phi) is 3.09. The summed E-state index contributed by atoms with van der Waals surface area (Å²) in [5.74, 6) is -0.138. The van der Waals surface area contributed by atoms with Crippen molar-refractivity contribution in [3.8, 4) is 0 Å². The van der Waals surface area contributed by atoms with Crippen LogP contribution in [0, 0.1) is 5.92 Å². The van der Waals surface area contributed by atoms with Crippen molar-refractivity contribution in [1.82, 2.24) is 4.90 Å². The Morgan fingerprint density at radius 1 is 1.69 bits per heavy atom. The van der Waals surface area contributed by atoms with Crippen molar-refractivity contribution >= 4 is 23.4 Å². The van der Waals surface area contributed by atoms with Crippen molar-refractivity contribution in [1.29, 1.82) is 0 Å². The smallest absolute Gasteiger partial charge is 0.232 e. The van der Waals surface area contributed by atoms with E-state index in [1.165, 1.54) is 4.90 Å². The molecule has 0 spiro atoms. The van der Waals surface area contributed by atoms with Crippen LogP contribution in [0.1, 0.15) is 13.3 Å². The number of alkyl halides is 1. The second kappa shape index (κ2) is 3.92. The van der Waals surface area contributed by atoms with Crippen LogP contribution in [0.25, 0.3) is 0 Å². The number of halogens is 1. The van der Waals surface area contributed by atoms with Crippen molar-refractivity contribution in [2.75, 3.05) is 12.4 Å². The molecule has 0 saturated carbocycles. The van der Waals surface area contributed by atoms with Crippen LogP contribution in [0.4, 0.5) is 0 Å². The highest BCUT2D eigenvalue weighted by Gasteiger charge is 2.35. The van der Waals surface area contributed by atoms with Gasteiger partial charge in [-0.2, -0.15) is 0 Å². The summed E-state index contributed by atoms with van der Waals surface area (Å²) >= 11 is 5.51. The highest BCUT2D eigenvalue weighted by atomic mass is 35.5. The summed E-state index contributed by atoms with van der Waals surface area (Å²) in [4.78, 5) is 23.9. The van der Waals surface area contributed by atoms with E-state index >= 15 is 0 Å². The third-order valence-corrected chi connectivity index (χ3v) is 2.42. The fourth-order valence-corrected chi connectivity index (χ4v) is 1.36. The molecule has 13 heavy (non-hydrogen) atoms. The molecular weight excluding hydrogens is 190 g/mol. The molecule has 0 N–H and O–H groups in total. The molecule has 1 saturated heterocycles. The van der Waals surface area contributed by atoms with Gasteiger partial charge in [-0.3, -0.25) is 14.5 Å². The van der Waals surface area contributed by atoms with Gasteiger partial charge in [-0.1, -0.05) is 13.5 Å². The fourth-order valence-electron chi connectivity index (χ4n) is 1.28. The average Bonchev–Trinajstić information content (AvgIpc) is 2.32. The molecule has 0 bridgehead atoms. The van der Waals surface area contributed by atoms with E-state index in [1.807, 2.05) is 0 Å². The molecule has 1 aliphatic rings. The third kappa shape index (κ3) is 2.10. The lowest BCUT2D eigenvalue weighted by molar-refractivity contribution is -0.138. The fraction of sp³-hybridized carbons (Fsp3) is 0.556. The molecule has 72 valence electrons. The van der Waals surface area contributed by atoms with E-state index in [2.05, 4.69) is 6.58 Å². The molecule has 0 aromatic carbocycles. The maximum Gasteiger partial charge on any atom is 0.232 e. The van der Waals surface area contributed by atoms with E-state index in [1.54, 1.807) is 6.92 Å². The maximum atomic E-state index is 11.4. The number of carbonyl (C=O) groups excluding carboxylic acids is 2. The van der Waals surface area contributed by atoms with Crippen LogP contribution >= 0.6 is 11.6 Å². The molecule has 4 heteroatoms. The van der Waals surface area contributed by atoms with Crippen molar-refractivity contribution < 1.29 is 9.59 Å². The third-order valence-electron chi connectivity index (χ3n) is 2.04. The highest BCUT2D eigenvalue weighted by Crippen LogP contribution is 2.19. The van der Waals surface area contributed by atoms with E-state index in [0.29, 0.717) is 12.0 Å². The van der Waals surface area contributed by atoms with E-state index in [4.69, 9.17) is 11.6 Å². The predicted molar refractivity (Wildman–Crippen MR) is 50.4 cm³/mol. The molecule has 0 aromatic rings. The first-order valence-corrected chi connectivity index (χ1v) is 4.66. The first kappa shape index (κ1) is 10.3. The molecule has 2 amide bonds.